The van der Waals surface area contributed by atoms with Gasteiger partial charge in [-0.25, -0.2) is 0 Å². The third-order valence-electron chi connectivity index (χ3n) is 3.13. The number of aliphatic hydroxyl groups is 1. The summed E-state index contributed by atoms with van der Waals surface area (Å²) in [6.45, 7) is 1.79. The van der Waals surface area contributed by atoms with Crippen LogP contribution in [0.3, 0.4) is 0 Å². The number of cyclic esters (lactones) is 1. The number of aliphatic hydroxyl groups excluding tert-OH is 1. The lowest BCUT2D eigenvalue weighted by atomic mass is 9.72. The average Bonchev–Trinajstić information content (AvgIpc) is 2.10. The second-order valence-electron chi connectivity index (χ2n) is 4.20. The molecule has 0 bridgehead atoms. The van der Waals surface area contributed by atoms with Crippen LogP contribution in [0.25, 0.3) is 0 Å². The number of rotatable bonds is 0. The van der Waals surface area contributed by atoms with E-state index in [-0.39, 0.29) is 17.8 Å². The van der Waals surface area contributed by atoms with Crippen LogP contribution in [0.2, 0.25) is 0 Å². The highest BCUT2D eigenvalue weighted by atomic mass is 16.5. The number of ether oxygens (including phenoxy) is 1. The van der Waals surface area contributed by atoms with E-state index >= 15 is 0 Å². The molecule has 0 spiro atoms. The van der Waals surface area contributed by atoms with Crippen LogP contribution in [-0.4, -0.2) is 29.1 Å². The lowest BCUT2D eigenvalue weighted by molar-refractivity contribution is -0.174. The van der Waals surface area contributed by atoms with Crippen LogP contribution in [0.15, 0.2) is 0 Å². The molecule has 78 valence electrons. The molecule has 0 unspecified atom stereocenters. The van der Waals surface area contributed by atoms with Crippen LogP contribution >= 0.6 is 0 Å². The summed E-state index contributed by atoms with van der Waals surface area (Å²) < 4.78 is 5.00. The third-order valence-corrected chi connectivity index (χ3v) is 3.13. The molecule has 0 aromatic carbocycles. The number of hydrogen-bond acceptors (Lipinski definition) is 4. The van der Waals surface area contributed by atoms with Gasteiger partial charge in [-0.3, -0.25) is 9.59 Å². The molecule has 4 atom stereocenters. The monoisotopic (exact) mass is 198 g/mol. The first-order valence-corrected chi connectivity index (χ1v) is 5.01. The zero-order valence-electron chi connectivity index (χ0n) is 8.10. The first-order chi connectivity index (χ1) is 6.59. The fraction of sp³-hybridized carbons (Fsp3) is 0.800. The molecule has 1 saturated carbocycles. The van der Waals surface area contributed by atoms with E-state index in [2.05, 4.69) is 0 Å². The second kappa shape index (κ2) is 3.35. The first kappa shape index (κ1) is 9.65. The van der Waals surface area contributed by atoms with E-state index < -0.39 is 18.0 Å². The number of esters is 1. The van der Waals surface area contributed by atoms with E-state index in [0.717, 1.165) is 0 Å². The van der Waals surface area contributed by atoms with Crippen LogP contribution in [0.1, 0.15) is 26.2 Å². The average molecular weight is 198 g/mol. The Morgan fingerprint density at radius 2 is 2.14 bits per heavy atom. The van der Waals surface area contributed by atoms with Crippen molar-refractivity contribution in [1.82, 2.24) is 0 Å². The molecule has 0 aromatic heterocycles. The zero-order chi connectivity index (χ0) is 10.3. The van der Waals surface area contributed by atoms with Gasteiger partial charge < -0.3 is 9.84 Å². The van der Waals surface area contributed by atoms with E-state index in [1.165, 1.54) is 0 Å². The number of carbonyl (C=O) groups is 2. The Hall–Kier alpha value is -0.900. The van der Waals surface area contributed by atoms with Gasteiger partial charge in [0, 0.05) is 12.3 Å². The molecule has 2 aliphatic rings. The van der Waals surface area contributed by atoms with Crippen LogP contribution in [0.5, 0.6) is 0 Å². The minimum atomic E-state index is -0.699. The molecular formula is C10H14O4. The maximum absolute atomic E-state index is 11.5. The number of hydrogen-bond donors (Lipinski definition) is 1. The minimum Gasteiger partial charge on any atom is -0.462 e. The smallest absolute Gasteiger partial charge is 0.317 e. The van der Waals surface area contributed by atoms with E-state index in [9.17, 15) is 14.7 Å². The van der Waals surface area contributed by atoms with Gasteiger partial charge in [0.2, 0.25) is 0 Å². The SMILES string of the molecule is C[C@H]1C[C@@H]2[C@H](C(=O)CC[C@H]2O)C(=O)O1. The minimum absolute atomic E-state index is 0.0720. The molecular weight excluding hydrogens is 184 g/mol. The van der Waals surface area contributed by atoms with Gasteiger partial charge in [-0.15, -0.1) is 0 Å². The quantitative estimate of drug-likeness (QED) is 0.448. The van der Waals surface area contributed by atoms with Crippen molar-refractivity contribution >= 4 is 11.8 Å². The van der Waals surface area contributed by atoms with Gasteiger partial charge in [0.25, 0.3) is 0 Å². The van der Waals surface area contributed by atoms with Crippen molar-refractivity contribution in [3.05, 3.63) is 0 Å². The highest BCUT2D eigenvalue weighted by Crippen LogP contribution is 2.36. The van der Waals surface area contributed by atoms with Crippen molar-refractivity contribution in [3.8, 4) is 0 Å². The van der Waals surface area contributed by atoms with Crippen molar-refractivity contribution in [1.29, 1.82) is 0 Å². The van der Waals surface area contributed by atoms with Gasteiger partial charge in [0.15, 0.2) is 0 Å². The fourth-order valence-electron chi connectivity index (χ4n) is 2.42. The van der Waals surface area contributed by atoms with E-state index in [0.29, 0.717) is 19.3 Å². The molecule has 4 heteroatoms. The number of Topliss-reactive ketones (excluding diaryl/α,β-unsaturated/α-hetero) is 1. The Morgan fingerprint density at radius 3 is 2.86 bits per heavy atom. The van der Waals surface area contributed by atoms with E-state index in [1.807, 2.05) is 0 Å². The molecule has 0 radical (unpaired) electrons. The summed E-state index contributed by atoms with van der Waals surface area (Å²) in [6, 6.07) is 0. The van der Waals surface area contributed by atoms with Crippen molar-refractivity contribution in [3.63, 3.8) is 0 Å². The summed E-state index contributed by atoms with van der Waals surface area (Å²) in [5.41, 5.74) is 0. The van der Waals surface area contributed by atoms with Crippen LogP contribution < -0.4 is 0 Å². The standard InChI is InChI=1S/C10H14O4/c1-5-4-6-7(11)2-3-8(12)9(6)10(13)14-5/h5-7,9,11H,2-4H2,1H3/t5-,6-,7+,9+/m0/s1. The van der Waals surface area contributed by atoms with Crippen molar-refractivity contribution in [2.45, 2.75) is 38.4 Å². The summed E-state index contributed by atoms with van der Waals surface area (Å²) in [6.07, 6.45) is 0.687. The molecule has 2 rings (SSSR count). The molecule has 1 aliphatic heterocycles. The maximum Gasteiger partial charge on any atom is 0.317 e. The van der Waals surface area contributed by atoms with Gasteiger partial charge in [-0.1, -0.05) is 0 Å². The molecule has 2 fully saturated rings. The summed E-state index contributed by atoms with van der Waals surface area (Å²) in [5.74, 6) is -1.43. The molecule has 0 aromatic rings. The largest absolute Gasteiger partial charge is 0.462 e. The first-order valence-electron chi connectivity index (χ1n) is 5.01. The normalized spacial score (nSPS) is 43.0. The molecule has 1 heterocycles. The highest BCUT2D eigenvalue weighted by molar-refractivity contribution is 6.00. The van der Waals surface area contributed by atoms with Crippen molar-refractivity contribution < 1.29 is 19.4 Å². The lowest BCUT2D eigenvalue weighted by Crippen LogP contribution is -2.49. The summed E-state index contributed by atoms with van der Waals surface area (Å²) >= 11 is 0. The van der Waals surface area contributed by atoms with Crippen LogP contribution in [0, 0.1) is 11.8 Å². The molecule has 4 nitrogen and oxygen atoms in total. The van der Waals surface area contributed by atoms with Gasteiger partial charge in [-0.2, -0.15) is 0 Å². The molecule has 14 heavy (non-hydrogen) atoms. The lowest BCUT2D eigenvalue weighted by Gasteiger charge is -2.38. The Bertz CT molecular complexity index is 273. The molecule has 1 N–H and O–H groups in total. The predicted octanol–water partition coefficient (Wildman–Crippen LogP) is 0.278. The Morgan fingerprint density at radius 1 is 1.43 bits per heavy atom. The topological polar surface area (TPSA) is 63.6 Å². The van der Waals surface area contributed by atoms with Gasteiger partial charge >= 0.3 is 5.97 Å². The third kappa shape index (κ3) is 1.43. The van der Waals surface area contributed by atoms with E-state index in [4.69, 9.17) is 4.74 Å². The summed E-state index contributed by atoms with van der Waals surface area (Å²) in [7, 11) is 0. The Balaban J connectivity index is 2.23. The number of carbonyl (C=O) groups excluding carboxylic acids is 2. The molecule has 1 saturated heterocycles. The van der Waals surface area contributed by atoms with Crippen LogP contribution in [-0.2, 0) is 14.3 Å². The van der Waals surface area contributed by atoms with Gasteiger partial charge in [-0.05, 0) is 19.8 Å². The number of ketones is 1. The zero-order valence-corrected chi connectivity index (χ0v) is 8.10. The molecule has 0 amide bonds. The summed E-state index contributed by atoms with van der Waals surface area (Å²) in [5, 5.41) is 9.70. The van der Waals surface area contributed by atoms with Crippen molar-refractivity contribution in [2.75, 3.05) is 0 Å². The Kier molecular flexibility index (Phi) is 2.31. The summed E-state index contributed by atoms with van der Waals surface area (Å²) in [4.78, 5) is 22.9. The maximum atomic E-state index is 11.5. The fourth-order valence-corrected chi connectivity index (χ4v) is 2.42. The number of fused-ring (bicyclic) bond motifs is 1. The molecule has 1 aliphatic carbocycles. The second-order valence-corrected chi connectivity index (χ2v) is 4.20. The Labute approximate surface area is 82.2 Å². The predicted molar refractivity (Wildman–Crippen MR) is 47.4 cm³/mol. The van der Waals surface area contributed by atoms with Crippen molar-refractivity contribution in [2.24, 2.45) is 11.8 Å². The van der Waals surface area contributed by atoms with Crippen LogP contribution in [0.4, 0.5) is 0 Å². The van der Waals surface area contributed by atoms with E-state index in [1.54, 1.807) is 6.92 Å². The van der Waals surface area contributed by atoms with Gasteiger partial charge in [0.05, 0.1) is 12.2 Å². The van der Waals surface area contributed by atoms with Gasteiger partial charge in [0.1, 0.15) is 11.7 Å². The highest BCUT2D eigenvalue weighted by Gasteiger charge is 2.47.